The third kappa shape index (κ3) is 21.8. The highest BCUT2D eigenvalue weighted by Gasteiger charge is 2.49. The monoisotopic (exact) mass is 1950 g/mol. The van der Waals surface area contributed by atoms with Gasteiger partial charge in [0, 0.05) is 68.7 Å². The second-order valence-corrected chi connectivity index (χ2v) is 37.6. The van der Waals surface area contributed by atoms with E-state index < -0.39 is 178 Å². The van der Waals surface area contributed by atoms with E-state index in [1.54, 1.807) is 0 Å². The summed E-state index contributed by atoms with van der Waals surface area (Å²) in [7, 11) is -20.6. The first-order valence-electron chi connectivity index (χ1n) is 41.8. The summed E-state index contributed by atoms with van der Waals surface area (Å²) >= 11 is 0. The van der Waals surface area contributed by atoms with Gasteiger partial charge >= 0.3 is 34.8 Å². The maximum atomic E-state index is 14.0. The van der Waals surface area contributed by atoms with Crippen molar-refractivity contribution in [1.29, 1.82) is 0 Å². The van der Waals surface area contributed by atoms with Gasteiger partial charge in [-0.25, -0.2) is 33.3 Å². The van der Waals surface area contributed by atoms with Crippen molar-refractivity contribution in [3.63, 3.8) is 0 Å². The van der Waals surface area contributed by atoms with Crippen molar-refractivity contribution >= 4 is 142 Å². The number of benzene rings is 8. The van der Waals surface area contributed by atoms with Crippen molar-refractivity contribution in [2.75, 3.05) is 57.6 Å². The molecule has 0 saturated carbocycles. The maximum Gasteiger partial charge on any atom is 0.472 e. The Labute approximate surface area is 758 Å². The summed E-state index contributed by atoms with van der Waals surface area (Å²) in [6.07, 6.45) is -11.6. The minimum atomic E-state index is -5.43. The molecule has 10 heterocycles. The van der Waals surface area contributed by atoms with Gasteiger partial charge in [-0.3, -0.25) is 98.7 Å². The number of imidazole rings is 2. The van der Waals surface area contributed by atoms with Crippen molar-refractivity contribution in [2.24, 2.45) is 0 Å². The molecular formula is C83H89N16O32P4-. The van der Waals surface area contributed by atoms with Crippen LogP contribution in [0.3, 0.4) is 0 Å². The number of carbonyl (C=O) groups excluding carboxylic acids is 2. The number of nitrogens with two attached hydrogens (primary N) is 2. The molecule has 8 aromatic carbocycles. The van der Waals surface area contributed by atoms with Crippen molar-refractivity contribution in [2.45, 2.75) is 139 Å². The van der Waals surface area contributed by atoms with Gasteiger partial charge in [-0.15, -0.1) is 0 Å². The number of hydrogen-bond donors (Lipinski definition) is 16. The van der Waals surface area contributed by atoms with Gasteiger partial charge in [0.15, 0.2) is 22.3 Å². The number of hydrogen-bond acceptors (Lipinski definition) is 34. The van der Waals surface area contributed by atoms with Crippen LogP contribution in [-0.2, 0) is 91.3 Å². The molecule has 48 nitrogen and oxygen atoms in total. The zero-order chi connectivity index (χ0) is 95.9. The van der Waals surface area contributed by atoms with Crippen LogP contribution in [-0.4, -0.2) is 205 Å². The molecule has 4 saturated heterocycles. The van der Waals surface area contributed by atoms with E-state index in [9.17, 15) is 91.5 Å². The number of H-pyrrole nitrogens is 4. The number of nitrogens with one attached hydrogen (secondary N) is 6. The molecule has 4 fully saturated rings. The number of aryl methyl sites for hydroxylation is 2. The lowest BCUT2D eigenvalue weighted by atomic mass is 9.91. The molecule has 135 heavy (non-hydrogen) atoms. The molecule has 16 atom stereocenters. The smallest absolute Gasteiger partial charge is 0.472 e. The Balaban J connectivity index is 0.000000196. The molecule has 18 N–H and O–H groups in total. The first kappa shape index (κ1) is 96.1. The molecule has 714 valence electrons. The Morgan fingerprint density at radius 1 is 0.511 bits per heavy atom. The van der Waals surface area contributed by atoms with Crippen LogP contribution < -0.4 is 60.6 Å². The van der Waals surface area contributed by atoms with Crippen LogP contribution in [0.5, 0.6) is 0 Å². The van der Waals surface area contributed by atoms with Crippen molar-refractivity contribution in [3.05, 3.63) is 231 Å². The number of rotatable bonds is 32. The third-order valence-electron chi connectivity index (χ3n) is 23.1. The topological polar surface area (TPSA) is 702 Å². The summed E-state index contributed by atoms with van der Waals surface area (Å²) in [5.74, 6) is -0.964. The highest BCUT2D eigenvalue weighted by atomic mass is 31.2. The van der Waals surface area contributed by atoms with E-state index in [4.69, 9.17) is 67.6 Å². The number of aliphatic hydroxyl groups is 4. The number of amides is 2. The van der Waals surface area contributed by atoms with Gasteiger partial charge < -0.3 is 90.5 Å². The number of aromatic nitrogens is 12. The van der Waals surface area contributed by atoms with Gasteiger partial charge in [0.25, 0.3) is 30.1 Å². The van der Waals surface area contributed by atoms with E-state index in [1.165, 1.54) is 84.0 Å². The van der Waals surface area contributed by atoms with E-state index in [0.717, 1.165) is 48.9 Å². The largest absolute Gasteiger partial charge is 0.756 e. The van der Waals surface area contributed by atoms with Crippen LogP contribution >= 0.6 is 31.3 Å². The lowest BCUT2D eigenvalue weighted by Crippen LogP contribution is -2.33. The number of ether oxygens (including phenoxy) is 4. The molecule has 6 aromatic heterocycles. The fourth-order valence-corrected chi connectivity index (χ4v) is 19.9. The molecular weight excluding hydrogens is 1860 g/mol. The normalized spacial score (nSPS) is 22.7. The van der Waals surface area contributed by atoms with Gasteiger partial charge in [0.05, 0.1) is 64.6 Å². The van der Waals surface area contributed by atoms with E-state index in [2.05, 4.69) is 140 Å². The number of phosphoric ester groups is 4. The van der Waals surface area contributed by atoms with Crippen LogP contribution in [0.4, 0.5) is 11.9 Å². The van der Waals surface area contributed by atoms with Gasteiger partial charge in [0.2, 0.25) is 23.7 Å². The third-order valence-corrected chi connectivity index (χ3v) is 26.6. The van der Waals surface area contributed by atoms with Gasteiger partial charge in [-0.2, -0.15) is 9.97 Å². The predicted molar refractivity (Wildman–Crippen MR) is 478 cm³/mol. The zero-order valence-corrected chi connectivity index (χ0v) is 74.8. The molecule has 0 bridgehead atoms. The first-order valence-corrected chi connectivity index (χ1v) is 47.8. The fourth-order valence-electron chi connectivity index (χ4n) is 16.7. The molecule has 14 aromatic rings. The summed E-state index contributed by atoms with van der Waals surface area (Å²) in [6.45, 7) is -0.297. The number of phosphoric acid groups is 4. The maximum absolute atomic E-state index is 14.0. The lowest BCUT2D eigenvalue weighted by Gasteiger charge is -2.25. The molecule has 4 unspecified atom stereocenters. The Kier molecular flexibility index (Phi) is 28.3. The van der Waals surface area contributed by atoms with E-state index in [-0.39, 0.29) is 121 Å². The van der Waals surface area contributed by atoms with Gasteiger partial charge in [-0.05, 0) is 96.0 Å². The molecule has 52 heteroatoms. The minimum absolute atomic E-state index is 0.00334. The average molecular weight is 1950 g/mol. The molecule has 4 aliphatic rings. The number of aromatic amines is 4. The van der Waals surface area contributed by atoms with Crippen LogP contribution in [0.25, 0.3) is 87.0 Å². The van der Waals surface area contributed by atoms with Crippen molar-refractivity contribution in [3.8, 4) is 0 Å². The zero-order valence-electron chi connectivity index (χ0n) is 71.2. The van der Waals surface area contributed by atoms with Gasteiger partial charge in [0.1, 0.15) is 79.7 Å². The van der Waals surface area contributed by atoms with E-state index >= 15 is 0 Å². The van der Waals surface area contributed by atoms with Crippen LogP contribution in [0, 0.1) is 13.8 Å². The number of fused-ring (bicyclic) bond motifs is 2. The van der Waals surface area contributed by atoms with Crippen molar-refractivity contribution < 1.29 is 123 Å². The number of nitrogen functional groups attached to an aromatic ring is 2. The van der Waals surface area contributed by atoms with E-state index in [1.807, 2.05) is 24.3 Å². The summed E-state index contributed by atoms with van der Waals surface area (Å²) < 4.78 is 116. The summed E-state index contributed by atoms with van der Waals surface area (Å²) in [6, 6.07) is 37.4. The van der Waals surface area contributed by atoms with Crippen LogP contribution in [0.2, 0.25) is 0 Å². The molecule has 18 rings (SSSR count). The average Bonchev–Trinajstić information content (AvgIpc) is 1.61. The molecule has 4 aliphatic heterocycles. The number of carbonyl (C=O) groups is 2. The van der Waals surface area contributed by atoms with Crippen molar-refractivity contribution in [1.82, 2.24) is 68.8 Å². The number of aliphatic hydroxyl groups excluding tert-OH is 4. The number of anilines is 2. The first-order chi connectivity index (χ1) is 64.3. The SMILES string of the molecule is Cc1cn([C@H]2C[C@H](OP(=O)(O)OC[C@H]3O[C@@H](n4cc(C)c(=O)[nH]c4=O)C[C@@H]3O)[C@@H](COP(=O)(O)O[C@H]3C[C@H](n4cnc5c(=O)[nH]c(N)nc54)O[C@@H]3COP(=O)(O)O[C@H]3C[C@H](n4cnc5c(=O)[nH]c(N)nc54)O[C@@H]3CO)O2)c(=O)[nH]c1=O.O=C(Cc1ccc2ccc3cccc4ccc1c2c34)NCC/C(O)=C\O.O=C(Cc1ccc2ccc3cccc4ccc1c2c34)NCCCOP(=O)([O-])O. The molecule has 0 radical (unpaired) electrons. The Morgan fingerprint density at radius 3 is 1.32 bits per heavy atom. The second kappa shape index (κ2) is 39.7. The Hall–Kier alpha value is -12.0. The Bertz CT molecular complexity index is 7430. The van der Waals surface area contributed by atoms with Gasteiger partial charge in [-0.1, -0.05) is 109 Å². The summed E-state index contributed by atoms with van der Waals surface area (Å²) in [4.78, 5) is 177. The molecule has 0 aliphatic carbocycles. The Morgan fingerprint density at radius 2 is 0.889 bits per heavy atom. The molecule has 2 amide bonds. The highest BCUT2D eigenvalue weighted by molar-refractivity contribution is 7.48. The minimum Gasteiger partial charge on any atom is -0.756 e. The summed E-state index contributed by atoms with van der Waals surface area (Å²) in [5.41, 5.74) is 8.59. The predicted octanol–water partition coefficient (Wildman–Crippen LogP) is 4.84. The summed E-state index contributed by atoms with van der Waals surface area (Å²) in [5, 5.41) is 58.3. The number of nitrogens with zero attached hydrogens (tertiary/aromatic N) is 8. The highest BCUT2D eigenvalue weighted by Crippen LogP contribution is 2.55. The molecule has 0 spiro atoms. The lowest BCUT2D eigenvalue weighted by molar-refractivity contribution is -0.219. The van der Waals surface area contributed by atoms with Crippen LogP contribution in [0.1, 0.15) is 85.7 Å². The standard InChI is InChI=1S/C40H51N14O24P3.C22H19NO3.C21H20NO5P/c1-15-7-51(39(61)49-33(15)57)25-3-17(56)22(73-25)10-69-79(63,64)77-19-5-26(52-8-16(2)34(58)50-40(52)62)74-23(19)11-71-81(67,68)78-20-6-28(54-14-44-30-32(54)46-38(42)48-36(30)60)75-24(20)12-70-80(65,66)76-18-4-27(72-21(18)9-55)53-13-43-29-31(53)45-37(41)47-35(29)59;24-13-18(25)10-11-23-20(26)12-17-7-6-16-5-4-14-2-1-3-15-8-9-19(17)22(16)21(14)15;23-19(22-11-2-12-27-28(24,25)26)13-17-8-7-16-6-5-14-3-1-4-15-9-10-18(17)21(16)20(14)15/h7-8,13-14,17-28,55-56H,3-6,9-12H2,1-2H3,(H,63,64)(H,65,66)(H,67,68)(H,49,57,61)(H,50,58,62)(H3,41,45,47,59)(H3,42,46,48,60);1-9,13,24-25H,10-12H2,(H,23,26);1,3-10H,2,11-13H2,(H,22,23)(H2,24,25,26)/p-1/b;18-13+;/t17-,18-,19-,20-,21+,22+,23+,24+,25+,26+,27+,28+;;/m0../s1. The second-order valence-electron chi connectivity index (χ2n) is 32.2. The fraction of sp³-hybridized carbons (Fsp3) is 0.349. The van der Waals surface area contributed by atoms with E-state index in [0.29, 0.717) is 6.26 Å². The quantitative estimate of drug-likeness (QED) is 0.0116. The van der Waals surface area contributed by atoms with Crippen LogP contribution in [0.15, 0.2) is 175 Å².